The summed E-state index contributed by atoms with van der Waals surface area (Å²) in [5, 5.41) is 21.4. The minimum absolute atomic E-state index is 0.0189. The van der Waals surface area contributed by atoms with E-state index >= 15 is 0 Å². The van der Waals surface area contributed by atoms with Gasteiger partial charge in [0.2, 0.25) is 0 Å². The van der Waals surface area contributed by atoms with Gasteiger partial charge in [-0.2, -0.15) is 0 Å². The lowest BCUT2D eigenvalue weighted by molar-refractivity contribution is -0.394. The molecule has 0 fully saturated rings. The molecule has 0 saturated carbocycles. The van der Waals surface area contributed by atoms with Gasteiger partial charge in [0.15, 0.2) is 0 Å². The second kappa shape index (κ2) is 5.72. The Labute approximate surface area is 109 Å². The second-order valence-electron chi connectivity index (χ2n) is 4.81. The smallest absolute Gasteiger partial charge is 0.281 e. The van der Waals surface area contributed by atoms with Crippen LogP contribution in [-0.4, -0.2) is 22.0 Å². The summed E-state index contributed by atoms with van der Waals surface area (Å²) in [5.41, 5.74) is 4.79. The van der Waals surface area contributed by atoms with Gasteiger partial charge >= 0.3 is 0 Å². The molecule has 1 aromatic rings. The van der Waals surface area contributed by atoms with Crippen LogP contribution in [0.15, 0.2) is 18.2 Å². The molecule has 0 radical (unpaired) electrons. The van der Waals surface area contributed by atoms with Crippen LogP contribution in [0.4, 0.5) is 11.4 Å². The fourth-order valence-corrected chi connectivity index (χ4v) is 1.38. The highest BCUT2D eigenvalue weighted by Gasteiger charge is 2.20. The number of rotatable bonds is 6. The highest BCUT2D eigenvalue weighted by atomic mass is 16.6. The highest BCUT2D eigenvalue weighted by Crippen LogP contribution is 2.25. The molecular weight excluding hydrogens is 254 g/mol. The Balaban J connectivity index is 2.89. The summed E-state index contributed by atoms with van der Waals surface area (Å²) in [6.45, 7) is 3.73. The van der Waals surface area contributed by atoms with Gasteiger partial charge in [-0.25, -0.2) is 0 Å². The predicted octanol–water partition coefficient (Wildman–Crippen LogP) is 1.76. The number of nitro benzene ring substituents is 2. The third-order valence-electron chi connectivity index (χ3n) is 2.21. The van der Waals surface area contributed by atoms with Gasteiger partial charge in [0.05, 0.1) is 34.7 Å². The molecule has 2 N–H and O–H groups in total. The summed E-state index contributed by atoms with van der Waals surface area (Å²) in [6.07, 6.45) is 0. The van der Waals surface area contributed by atoms with E-state index in [4.69, 9.17) is 10.5 Å². The van der Waals surface area contributed by atoms with Gasteiger partial charge in [-0.15, -0.1) is 0 Å². The van der Waals surface area contributed by atoms with Gasteiger partial charge in [0.1, 0.15) is 0 Å². The number of benzene rings is 1. The van der Waals surface area contributed by atoms with Gasteiger partial charge in [0, 0.05) is 11.6 Å². The standard InChI is InChI=1S/C11H15N3O5/c1-11(2,12)7-19-6-8-3-4-9(13(15)16)5-10(8)14(17)18/h3-5H,6-7,12H2,1-2H3. The van der Waals surface area contributed by atoms with Crippen molar-refractivity contribution in [2.75, 3.05) is 6.61 Å². The lowest BCUT2D eigenvalue weighted by Crippen LogP contribution is -2.37. The number of hydrogen-bond donors (Lipinski definition) is 1. The lowest BCUT2D eigenvalue weighted by atomic mass is 10.1. The van der Waals surface area contributed by atoms with Crippen molar-refractivity contribution in [3.8, 4) is 0 Å². The molecule has 0 amide bonds. The molecule has 104 valence electrons. The van der Waals surface area contributed by atoms with Crippen LogP contribution in [0.3, 0.4) is 0 Å². The van der Waals surface area contributed by atoms with E-state index in [1.807, 2.05) is 0 Å². The first-order chi connectivity index (χ1) is 8.70. The molecule has 0 unspecified atom stereocenters. The Bertz CT molecular complexity index is 496. The first kappa shape index (κ1) is 15.0. The molecule has 0 saturated heterocycles. The molecule has 1 rings (SSSR count). The summed E-state index contributed by atoms with van der Waals surface area (Å²) in [7, 11) is 0. The van der Waals surface area contributed by atoms with Crippen LogP contribution in [0.2, 0.25) is 0 Å². The molecule has 0 aromatic heterocycles. The van der Waals surface area contributed by atoms with Crippen LogP contribution >= 0.6 is 0 Å². The maximum absolute atomic E-state index is 10.9. The fourth-order valence-electron chi connectivity index (χ4n) is 1.38. The van der Waals surface area contributed by atoms with E-state index in [1.165, 1.54) is 12.1 Å². The zero-order valence-corrected chi connectivity index (χ0v) is 10.7. The van der Waals surface area contributed by atoms with E-state index in [2.05, 4.69) is 0 Å². The molecule has 0 aliphatic carbocycles. The van der Waals surface area contributed by atoms with Gasteiger partial charge in [-0.05, 0) is 19.9 Å². The van der Waals surface area contributed by atoms with Gasteiger partial charge in [0.25, 0.3) is 11.4 Å². The van der Waals surface area contributed by atoms with Crippen LogP contribution in [-0.2, 0) is 11.3 Å². The predicted molar refractivity (Wildman–Crippen MR) is 67.7 cm³/mol. The van der Waals surface area contributed by atoms with Crippen molar-refractivity contribution >= 4 is 11.4 Å². The molecule has 0 spiro atoms. The molecule has 0 atom stereocenters. The van der Waals surface area contributed by atoms with E-state index in [-0.39, 0.29) is 30.2 Å². The SMILES string of the molecule is CC(C)(N)COCc1ccc([N+](=O)[O-])cc1[N+](=O)[O-]. The molecule has 0 aliphatic heterocycles. The summed E-state index contributed by atoms with van der Waals surface area (Å²) >= 11 is 0. The van der Waals surface area contributed by atoms with E-state index in [0.29, 0.717) is 0 Å². The minimum Gasteiger partial charge on any atom is -0.375 e. The topological polar surface area (TPSA) is 122 Å². The Kier molecular flexibility index (Phi) is 4.52. The van der Waals surface area contributed by atoms with Crippen LogP contribution in [0.25, 0.3) is 0 Å². The van der Waals surface area contributed by atoms with Gasteiger partial charge in [-0.1, -0.05) is 0 Å². The van der Waals surface area contributed by atoms with Crippen molar-refractivity contribution in [2.24, 2.45) is 5.73 Å². The van der Waals surface area contributed by atoms with Crippen molar-refractivity contribution in [1.29, 1.82) is 0 Å². The average Bonchev–Trinajstić information content (AvgIpc) is 2.27. The monoisotopic (exact) mass is 269 g/mol. The fraction of sp³-hybridized carbons (Fsp3) is 0.455. The largest absolute Gasteiger partial charge is 0.375 e. The maximum atomic E-state index is 10.9. The van der Waals surface area contributed by atoms with E-state index in [1.54, 1.807) is 13.8 Å². The second-order valence-corrected chi connectivity index (χ2v) is 4.81. The third kappa shape index (κ3) is 4.60. The Morgan fingerprint density at radius 1 is 1.26 bits per heavy atom. The number of ether oxygens (including phenoxy) is 1. The number of nitrogens with two attached hydrogens (primary N) is 1. The number of nitro groups is 2. The van der Waals surface area contributed by atoms with Crippen LogP contribution in [0.5, 0.6) is 0 Å². The zero-order valence-electron chi connectivity index (χ0n) is 10.7. The van der Waals surface area contributed by atoms with Crippen molar-refractivity contribution < 1.29 is 14.6 Å². The first-order valence-corrected chi connectivity index (χ1v) is 5.49. The maximum Gasteiger partial charge on any atom is 0.281 e. The van der Waals surface area contributed by atoms with Crippen LogP contribution in [0.1, 0.15) is 19.4 Å². The Hall–Kier alpha value is -2.06. The van der Waals surface area contributed by atoms with Gasteiger partial charge < -0.3 is 10.5 Å². The van der Waals surface area contributed by atoms with E-state index in [9.17, 15) is 20.2 Å². The average molecular weight is 269 g/mol. The quantitative estimate of drug-likeness (QED) is 0.620. The molecule has 19 heavy (non-hydrogen) atoms. The summed E-state index contributed by atoms with van der Waals surface area (Å²) in [6, 6.07) is 3.45. The van der Waals surface area contributed by atoms with Crippen molar-refractivity contribution in [1.82, 2.24) is 0 Å². The number of non-ortho nitro benzene ring substituents is 1. The van der Waals surface area contributed by atoms with E-state index in [0.717, 1.165) is 6.07 Å². The number of nitrogens with zero attached hydrogens (tertiary/aromatic N) is 2. The molecular formula is C11H15N3O5. The van der Waals surface area contributed by atoms with Crippen molar-refractivity contribution in [3.63, 3.8) is 0 Å². The Morgan fingerprint density at radius 2 is 1.89 bits per heavy atom. The molecule has 8 nitrogen and oxygen atoms in total. The normalized spacial score (nSPS) is 11.3. The van der Waals surface area contributed by atoms with Crippen molar-refractivity contribution in [3.05, 3.63) is 44.0 Å². The van der Waals surface area contributed by atoms with Gasteiger partial charge in [-0.3, -0.25) is 20.2 Å². The number of hydrogen-bond acceptors (Lipinski definition) is 6. The minimum atomic E-state index is -0.680. The molecule has 0 aliphatic rings. The Morgan fingerprint density at radius 3 is 2.37 bits per heavy atom. The lowest BCUT2D eigenvalue weighted by Gasteiger charge is -2.18. The van der Waals surface area contributed by atoms with E-state index < -0.39 is 15.4 Å². The first-order valence-electron chi connectivity index (χ1n) is 5.49. The highest BCUT2D eigenvalue weighted by molar-refractivity contribution is 5.48. The zero-order chi connectivity index (χ0) is 14.6. The van der Waals surface area contributed by atoms with Crippen molar-refractivity contribution in [2.45, 2.75) is 26.0 Å². The summed E-state index contributed by atoms with van der Waals surface area (Å²) in [5.74, 6) is 0. The summed E-state index contributed by atoms with van der Waals surface area (Å²) in [4.78, 5) is 20.1. The van der Waals surface area contributed by atoms with Crippen LogP contribution in [0, 0.1) is 20.2 Å². The third-order valence-corrected chi connectivity index (χ3v) is 2.21. The molecule has 0 heterocycles. The van der Waals surface area contributed by atoms with Crippen LogP contribution < -0.4 is 5.73 Å². The molecule has 1 aromatic carbocycles. The molecule has 8 heteroatoms. The summed E-state index contributed by atoms with van der Waals surface area (Å²) < 4.78 is 5.28. The molecule has 0 bridgehead atoms.